The number of fused-ring (bicyclic) bond motifs is 1. The van der Waals surface area contributed by atoms with Crippen molar-refractivity contribution in [1.29, 1.82) is 0 Å². The SMILES string of the molecule is CC(C)(C)SCC(=O)N1CC[C@@H]2CNC[C@@H]2CC1.Cl. The maximum atomic E-state index is 12.2. The van der Waals surface area contributed by atoms with Gasteiger partial charge in [-0.3, -0.25) is 4.79 Å². The predicted octanol–water partition coefficient (Wildman–Crippen LogP) is 2.40. The summed E-state index contributed by atoms with van der Waals surface area (Å²) in [5.41, 5.74) is 0. The lowest BCUT2D eigenvalue weighted by Crippen LogP contribution is -2.34. The van der Waals surface area contributed by atoms with Crippen LogP contribution in [0.4, 0.5) is 0 Å². The number of hydrogen-bond acceptors (Lipinski definition) is 3. The molecule has 0 unspecified atom stereocenters. The van der Waals surface area contributed by atoms with Crippen molar-refractivity contribution < 1.29 is 4.79 Å². The van der Waals surface area contributed by atoms with Crippen LogP contribution >= 0.6 is 24.2 Å². The van der Waals surface area contributed by atoms with Gasteiger partial charge in [0.15, 0.2) is 0 Å². The quantitative estimate of drug-likeness (QED) is 0.850. The van der Waals surface area contributed by atoms with E-state index in [1.165, 1.54) is 12.8 Å². The predicted molar refractivity (Wildman–Crippen MR) is 85.1 cm³/mol. The second kappa shape index (κ2) is 7.19. The van der Waals surface area contributed by atoms with Crippen molar-refractivity contribution in [3.63, 3.8) is 0 Å². The zero-order chi connectivity index (χ0) is 13.2. The summed E-state index contributed by atoms with van der Waals surface area (Å²) in [7, 11) is 0. The van der Waals surface area contributed by atoms with Crippen LogP contribution in [0.2, 0.25) is 0 Å². The molecule has 2 saturated heterocycles. The number of thioether (sulfide) groups is 1. The normalized spacial score (nSPS) is 27.4. The van der Waals surface area contributed by atoms with Gasteiger partial charge in [-0.05, 0) is 37.8 Å². The minimum absolute atomic E-state index is 0. The van der Waals surface area contributed by atoms with Crippen LogP contribution in [0.3, 0.4) is 0 Å². The van der Waals surface area contributed by atoms with Crippen molar-refractivity contribution in [2.45, 2.75) is 38.4 Å². The lowest BCUT2D eigenvalue weighted by Gasteiger charge is -2.23. The van der Waals surface area contributed by atoms with Crippen LogP contribution in [0.5, 0.6) is 0 Å². The summed E-state index contributed by atoms with van der Waals surface area (Å²) >= 11 is 1.76. The molecule has 2 aliphatic heterocycles. The number of nitrogens with zero attached hydrogens (tertiary/aromatic N) is 1. The molecule has 0 bridgehead atoms. The standard InChI is InChI=1S/C14H26N2OS.ClH/c1-14(2,3)18-10-13(17)16-6-4-11-8-15-9-12(11)5-7-16;/h11-12,15H,4-10H2,1-3H3;1H/t11-,12+;. The molecule has 112 valence electrons. The van der Waals surface area contributed by atoms with Crippen LogP contribution < -0.4 is 5.32 Å². The number of nitrogens with one attached hydrogen (secondary N) is 1. The van der Waals surface area contributed by atoms with Crippen LogP contribution in [-0.4, -0.2) is 47.5 Å². The summed E-state index contributed by atoms with van der Waals surface area (Å²) in [5.74, 6) is 2.58. The van der Waals surface area contributed by atoms with Gasteiger partial charge >= 0.3 is 0 Å². The zero-order valence-electron chi connectivity index (χ0n) is 12.3. The smallest absolute Gasteiger partial charge is 0.232 e. The maximum Gasteiger partial charge on any atom is 0.232 e. The Balaban J connectivity index is 0.00000180. The fraction of sp³-hybridized carbons (Fsp3) is 0.929. The van der Waals surface area contributed by atoms with E-state index in [9.17, 15) is 4.79 Å². The molecule has 19 heavy (non-hydrogen) atoms. The Bertz CT molecular complexity index is 292. The Labute approximate surface area is 127 Å². The third kappa shape index (κ3) is 5.16. The molecule has 0 spiro atoms. The van der Waals surface area contributed by atoms with Crippen molar-refractivity contribution in [3.8, 4) is 0 Å². The maximum absolute atomic E-state index is 12.2. The van der Waals surface area contributed by atoms with E-state index in [4.69, 9.17) is 0 Å². The van der Waals surface area contributed by atoms with Crippen molar-refractivity contribution in [2.24, 2.45) is 11.8 Å². The average Bonchev–Trinajstić information content (AvgIpc) is 2.64. The first kappa shape index (κ1) is 17.1. The number of amides is 1. The van der Waals surface area contributed by atoms with Gasteiger partial charge in [-0.1, -0.05) is 20.8 Å². The summed E-state index contributed by atoms with van der Waals surface area (Å²) in [5, 5.41) is 3.47. The highest BCUT2D eigenvalue weighted by atomic mass is 35.5. The number of rotatable bonds is 2. The summed E-state index contributed by atoms with van der Waals surface area (Å²) < 4.78 is 0.182. The van der Waals surface area contributed by atoms with Gasteiger partial charge < -0.3 is 10.2 Å². The zero-order valence-corrected chi connectivity index (χ0v) is 13.9. The molecule has 0 aliphatic carbocycles. The van der Waals surface area contributed by atoms with E-state index in [-0.39, 0.29) is 17.2 Å². The van der Waals surface area contributed by atoms with Crippen LogP contribution in [0.1, 0.15) is 33.6 Å². The lowest BCUT2D eigenvalue weighted by molar-refractivity contribution is -0.128. The van der Waals surface area contributed by atoms with E-state index in [0.717, 1.165) is 38.0 Å². The molecule has 2 heterocycles. The highest BCUT2D eigenvalue weighted by Gasteiger charge is 2.31. The van der Waals surface area contributed by atoms with Crippen LogP contribution in [0.25, 0.3) is 0 Å². The Hall–Kier alpha value is 0.0700. The summed E-state index contributed by atoms with van der Waals surface area (Å²) in [4.78, 5) is 14.3. The van der Waals surface area contributed by atoms with E-state index >= 15 is 0 Å². The molecule has 0 aromatic rings. The Morgan fingerprint density at radius 1 is 1.21 bits per heavy atom. The Morgan fingerprint density at radius 2 is 1.74 bits per heavy atom. The highest BCUT2D eigenvalue weighted by Crippen LogP contribution is 2.28. The highest BCUT2D eigenvalue weighted by molar-refractivity contribution is 8.01. The number of carbonyl (C=O) groups is 1. The third-order valence-corrected chi connectivity index (χ3v) is 5.26. The molecule has 0 aromatic heterocycles. The molecule has 2 atom stereocenters. The van der Waals surface area contributed by atoms with E-state index in [2.05, 4.69) is 31.0 Å². The van der Waals surface area contributed by atoms with Gasteiger partial charge in [0.25, 0.3) is 0 Å². The fourth-order valence-corrected chi connectivity index (χ4v) is 3.58. The first-order valence-corrected chi connectivity index (χ1v) is 8.07. The molecule has 0 aromatic carbocycles. The number of carbonyl (C=O) groups excluding carboxylic acids is 1. The average molecular weight is 307 g/mol. The summed E-state index contributed by atoms with van der Waals surface area (Å²) in [6.07, 6.45) is 2.37. The summed E-state index contributed by atoms with van der Waals surface area (Å²) in [6.45, 7) is 10.8. The van der Waals surface area contributed by atoms with Gasteiger partial charge in [0.1, 0.15) is 0 Å². The monoisotopic (exact) mass is 306 g/mol. The van der Waals surface area contributed by atoms with Gasteiger partial charge in [0.05, 0.1) is 5.75 Å². The molecule has 0 saturated carbocycles. The molecular formula is C14H27ClN2OS. The van der Waals surface area contributed by atoms with Crippen LogP contribution in [-0.2, 0) is 4.79 Å². The van der Waals surface area contributed by atoms with E-state index in [1.807, 2.05) is 0 Å². The lowest BCUT2D eigenvalue weighted by atomic mass is 9.92. The van der Waals surface area contributed by atoms with Gasteiger partial charge in [0, 0.05) is 17.8 Å². The van der Waals surface area contributed by atoms with Crippen molar-refractivity contribution in [3.05, 3.63) is 0 Å². The van der Waals surface area contributed by atoms with Crippen molar-refractivity contribution in [2.75, 3.05) is 31.9 Å². The Morgan fingerprint density at radius 3 is 2.21 bits per heavy atom. The molecule has 2 rings (SSSR count). The second-order valence-corrected chi connectivity index (χ2v) is 8.34. The summed E-state index contributed by atoms with van der Waals surface area (Å²) in [6, 6.07) is 0. The van der Waals surface area contributed by atoms with Crippen LogP contribution in [0, 0.1) is 11.8 Å². The van der Waals surface area contributed by atoms with Gasteiger partial charge in [-0.2, -0.15) is 0 Å². The van der Waals surface area contributed by atoms with Gasteiger partial charge in [-0.15, -0.1) is 24.2 Å². The molecule has 1 amide bonds. The van der Waals surface area contributed by atoms with E-state index in [0.29, 0.717) is 11.7 Å². The fourth-order valence-electron chi connectivity index (χ4n) is 2.84. The minimum atomic E-state index is 0. The molecule has 2 aliphatic rings. The van der Waals surface area contributed by atoms with Crippen molar-refractivity contribution >= 4 is 30.1 Å². The second-order valence-electron chi connectivity index (χ2n) is 6.54. The molecule has 5 heteroatoms. The Kier molecular flexibility index (Phi) is 6.48. The number of likely N-dealkylation sites (tertiary alicyclic amines) is 1. The topological polar surface area (TPSA) is 32.3 Å². The first-order chi connectivity index (χ1) is 8.46. The number of hydrogen-bond donors (Lipinski definition) is 1. The van der Waals surface area contributed by atoms with Crippen molar-refractivity contribution in [1.82, 2.24) is 10.2 Å². The van der Waals surface area contributed by atoms with Crippen LogP contribution in [0.15, 0.2) is 0 Å². The van der Waals surface area contributed by atoms with E-state index in [1.54, 1.807) is 11.8 Å². The van der Waals surface area contributed by atoms with Gasteiger partial charge in [-0.25, -0.2) is 0 Å². The molecule has 2 fully saturated rings. The van der Waals surface area contributed by atoms with E-state index < -0.39 is 0 Å². The molecular weight excluding hydrogens is 280 g/mol. The molecule has 3 nitrogen and oxygen atoms in total. The van der Waals surface area contributed by atoms with Gasteiger partial charge in [0.2, 0.25) is 5.91 Å². The largest absolute Gasteiger partial charge is 0.342 e. The molecule has 0 radical (unpaired) electrons. The first-order valence-electron chi connectivity index (χ1n) is 7.08. The minimum Gasteiger partial charge on any atom is -0.342 e. The number of halogens is 1. The molecule has 1 N–H and O–H groups in total. The third-order valence-electron chi connectivity index (χ3n) is 4.00.